The number of aromatic carboxylic acids is 1. The van der Waals surface area contributed by atoms with Crippen LogP contribution in [0.2, 0.25) is 0 Å². The van der Waals surface area contributed by atoms with Crippen molar-refractivity contribution in [3.05, 3.63) is 63.3 Å². The van der Waals surface area contributed by atoms with E-state index in [-0.39, 0.29) is 23.5 Å². The van der Waals surface area contributed by atoms with E-state index < -0.39 is 5.97 Å². The molecule has 0 radical (unpaired) electrons. The molecule has 0 unspecified atom stereocenters. The number of thiophene rings is 1. The van der Waals surface area contributed by atoms with Crippen molar-refractivity contribution in [2.75, 3.05) is 0 Å². The molecule has 1 aromatic carbocycles. The lowest BCUT2D eigenvalue weighted by Gasteiger charge is -2.02. The zero-order chi connectivity index (χ0) is 19.1. The summed E-state index contributed by atoms with van der Waals surface area (Å²) >= 11 is 2.80. The number of para-hydroxylation sites is 1. The number of furan rings is 1. The Bertz CT molecular complexity index is 1150. The minimum atomic E-state index is -1.04. The lowest BCUT2D eigenvalue weighted by atomic mass is 10.0. The smallest absolute Gasteiger partial charge is 0.337 e. The molecule has 0 atom stereocenters. The Morgan fingerprint density at radius 3 is 2.63 bits per heavy atom. The molecule has 5 nitrogen and oxygen atoms in total. The van der Waals surface area contributed by atoms with Crippen LogP contribution in [0.25, 0.3) is 20.7 Å². The van der Waals surface area contributed by atoms with Gasteiger partial charge in [-0.05, 0) is 36.9 Å². The van der Waals surface area contributed by atoms with Gasteiger partial charge in [0.25, 0.3) is 0 Å². The number of carbonyl (C=O) groups is 2. The normalized spacial score (nSPS) is 11.2. The Morgan fingerprint density at radius 2 is 1.96 bits per heavy atom. The van der Waals surface area contributed by atoms with E-state index in [0.717, 1.165) is 21.0 Å². The average molecular weight is 397 g/mol. The standard InChI is InChI=1S/C20H15NO4S2/c1-10-18(27-11(2)21-10)19-17(20(23)24)13(9-26-19)7-14(22)16-8-12-5-3-4-6-15(12)25-16/h3-6,8-9H,7H2,1-2H3,(H,23,24). The number of benzene rings is 1. The maximum Gasteiger partial charge on any atom is 0.337 e. The van der Waals surface area contributed by atoms with Gasteiger partial charge in [-0.3, -0.25) is 4.79 Å². The van der Waals surface area contributed by atoms with E-state index in [1.807, 2.05) is 32.0 Å². The molecule has 27 heavy (non-hydrogen) atoms. The number of hydrogen-bond donors (Lipinski definition) is 1. The molecule has 136 valence electrons. The maximum absolute atomic E-state index is 12.7. The van der Waals surface area contributed by atoms with Gasteiger partial charge >= 0.3 is 5.97 Å². The summed E-state index contributed by atoms with van der Waals surface area (Å²) in [5.41, 5.74) is 2.12. The second kappa shape index (κ2) is 6.75. The number of aryl methyl sites for hydroxylation is 2. The number of fused-ring (bicyclic) bond motifs is 1. The molecule has 0 saturated heterocycles. The monoisotopic (exact) mass is 397 g/mol. The predicted molar refractivity (Wildman–Crippen MR) is 106 cm³/mol. The number of rotatable bonds is 5. The number of ketones is 1. The van der Waals surface area contributed by atoms with E-state index in [9.17, 15) is 14.7 Å². The number of carboxylic acid groups (broad SMARTS) is 1. The van der Waals surface area contributed by atoms with Gasteiger partial charge in [-0.1, -0.05) is 18.2 Å². The van der Waals surface area contributed by atoms with Crippen LogP contribution >= 0.6 is 22.7 Å². The minimum Gasteiger partial charge on any atom is -0.478 e. The van der Waals surface area contributed by atoms with Crippen molar-refractivity contribution in [3.8, 4) is 9.75 Å². The minimum absolute atomic E-state index is 0.0191. The molecule has 4 aromatic rings. The third kappa shape index (κ3) is 3.20. The molecule has 3 aromatic heterocycles. The van der Waals surface area contributed by atoms with E-state index in [4.69, 9.17) is 4.42 Å². The van der Waals surface area contributed by atoms with Crippen molar-refractivity contribution in [1.29, 1.82) is 0 Å². The number of Topliss-reactive ketones (excluding diaryl/α,β-unsaturated/α-hetero) is 1. The van der Waals surface area contributed by atoms with Crippen molar-refractivity contribution in [2.24, 2.45) is 0 Å². The summed E-state index contributed by atoms with van der Waals surface area (Å²) in [6.07, 6.45) is -0.0191. The van der Waals surface area contributed by atoms with E-state index in [1.165, 1.54) is 22.7 Å². The summed E-state index contributed by atoms with van der Waals surface area (Å²) in [4.78, 5) is 30.5. The fraction of sp³-hybridized carbons (Fsp3) is 0.150. The highest BCUT2D eigenvalue weighted by atomic mass is 32.1. The number of carboxylic acids is 1. The largest absolute Gasteiger partial charge is 0.478 e. The Morgan fingerprint density at radius 1 is 1.19 bits per heavy atom. The van der Waals surface area contributed by atoms with Crippen LogP contribution < -0.4 is 0 Å². The van der Waals surface area contributed by atoms with Crippen LogP contribution in [0, 0.1) is 13.8 Å². The van der Waals surface area contributed by atoms with E-state index >= 15 is 0 Å². The van der Waals surface area contributed by atoms with Crippen molar-refractivity contribution < 1.29 is 19.1 Å². The summed E-state index contributed by atoms with van der Waals surface area (Å²) in [7, 11) is 0. The Hall–Kier alpha value is -2.77. The van der Waals surface area contributed by atoms with Crippen molar-refractivity contribution >= 4 is 45.4 Å². The fourth-order valence-electron chi connectivity index (χ4n) is 3.05. The molecule has 0 spiro atoms. The van der Waals surface area contributed by atoms with Crippen molar-refractivity contribution in [1.82, 2.24) is 4.98 Å². The Balaban J connectivity index is 1.70. The van der Waals surface area contributed by atoms with E-state index in [0.29, 0.717) is 16.0 Å². The molecule has 3 heterocycles. The quantitative estimate of drug-likeness (QED) is 0.459. The van der Waals surface area contributed by atoms with E-state index in [1.54, 1.807) is 17.5 Å². The molecule has 4 rings (SSSR count). The van der Waals surface area contributed by atoms with Crippen LogP contribution in [0.5, 0.6) is 0 Å². The zero-order valence-electron chi connectivity index (χ0n) is 14.6. The lowest BCUT2D eigenvalue weighted by molar-refractivity contribution is 0.0697. The second-order valence-corrected chi connectivity index (χ2v) is 8.25. The van der Waals surface area contributed by atoms with Gasteiger partial charge in [0.1, 0.15) is 5.58 Å². The molecule has 0 saturated carbocycles. The maximum atomic E-state index is 12.7. The van der Waals surface area contributed by atoms with Crippen LogP contribution in [-0.4, -0.2) is 21.8 Å². The molecule has 0 aliphatic heterocycles. The molecule has 0 fully saturated rings. The molecule has 7 heteroatoms. The van der Waals surface area contributed by atoms with Crippen LogP contribution in [-0.2, 0) is 6.42 Å². The number of hydrogen-bond acceptors (Lipinski definition) is 6. The van der Waals surface area contributed by atoms with Crippen molar-refractivity contribution in [3.63, 3.8) is 0 Å². The molecule has 0 aliphatic carbocycles. The van der Waals surface area contributed by atoms with Crippen LogP contribution in [0.15, 0.2) is 40.1 Å². The van der Waals surface area contributed by atoms with Gasteiger partial charge in [-0.25, -0.2) is 9.78 Å². The van der Waals surface area contributed by atoms with Crippen LogP contribution in [0.4, 0.5) is 0 Å². The average Bonchev–Trinajstić information content (AvgIpc) is 3.30. The lowest BCUT2D eigenvalue weighted by Crippen LogP contribution is -2.07. The summed E-state index contributed by atoms with van der Waals surface area (Å²) in [5, 5.41) is 13.2. The van der Waals surface area contributed by atoms with Gasteiger partial charge in [0, 0.05) is 11.8 Å². The number of nitrogens with zero attached hydrogens (tertiary/aromatic N) is 1. The molecule has 1 N–H and O–H groups in total. The number of aromatic nitrogens is 1. The van der Waals surface area contributed by atoms with Gasteiger partial charge in [0.2, 0.25) is 5.78 Å². The topological polar surface area (TPSA) is 80.4 Å². The van der Waals surface area contributed by atoms with Gasteiger partial charge in [0.15, 0.2) is 5.76 Å². The van der Waals surface area contributed by atoms with Gasteiger partial charge in [-0.2, -0.15) is 0 Å². The molecule has 0 amide bonds. The van der Waals surface area contributed by atoms with Crippen LogP contribution in [0.1, 0.15) is 37.2 Å². The van der Waals surface area contributed by atoms with Crippen molar-refractivity contribution in [2.45, 2.75) is 20.3 Å². The van der Waals surface area contributed by atoms with Gasteiger partial charge < -0.3 is 9.52 Å². The second-order valence-electron chi connectivity index (χ2n) is 6.17. The highest BCUT2D eigenvalue weighted by Crippen LogP contribution is 2.39. The number of thiazole rings is 1. The summed E-state index contributed by atoms with van der Waals surface area (Å²) < 4.78 is 5.61. The predicted octanol–water partition coefficient (Wildman–Crippen LogP) is 5.36. The highest BCUT2D eigenvalue weighted by Gasteiger charge is 2.25. The molecular weight excluding hydrogens is 382 g/mol. The fourth-order valence-corrected chi connectivity index (χ4v) is 5.23. The Labute approximate surface area is 162 Å². The first kappa shape index (κ1) is 17.6. The SMILES string of the molecule is Cc1nc(C)c(-c2scc(CC(=O)c3cc4ccccc4o3)c2C(=O)O)s1. The number of carbonyl (C=O) groups excluding carboxylic acids is 1. The first-order valence-corrected chi connectivity index (χ1v) is 9.93. The third-order valence-electron chi connectivity index (χ3n) is 4.24. The molecule has 0 aliphatic rings. The highest BCUT2D eigenvalue weighted by molar-refractivity contribution is 7.21. The summed E-state index contributed by atoms with van der Waals surface area (Å²) in [6, 6.07) is 9.08. The Kier molecular flexibility index (Phi) is 4.41. The van der Waals surface area contributed by atoms with Gasteiger partial charge in [-0.15, -0.1) is 22.7 Å². The molecular formula is C20H15NO4S2. The third-order valence-corrected chi connectivity index (χ3v) is 6.51. The first-order chi connectivity index (χ1) is 12.9. The summed E-state index contributed by atoms with van der Waals surface area (Å²) in [6.45, 7) is 3.75. The zero-order valence-corrected chi connectivity index (χ0v) is 16.2. The molecule has 0 bridgehead atoms. The summed E-state index contributed by atoms with van der Waals surface area (Å²) in [5.74, 6) is -1.04. The van der Waals surface area contributed by atoms with E-state index in [2.05, 4.69) is 4.98 Å². The first-order valence-electron chi connectivity index (χ1n) is 8.24. The van der Waals surface area contributed by atoms with Gasteiger partial charge in [0.05, 0.1) is 26.0 Å². The van der Waals surface area contributed by atoms with Crippen LogP contribution in [0.3, 0.4) is 0 Å².